The highest BCUT2D eigenvalue weighted by Gasteiger charge is 2.18. The molecule has 2 aromatic heterocycles. The lowest BCUT2D eigenvalue weighted by molar-refractivity contribution is 0.544. The molecule has 6 nitrogen and oxygen atoms in total. The first kappa shape index (κ1) is 11.4. The molecule has 0 saturated heterocycles. The van der Waals surface area contributed by atoms with E-state index in [1.165, 1.54) is 43.2 Å². The fourth-order valence-corrected chi connectivity index (χ4v) is 2.66. The molecule has 0 aliphatic heterocycles. The lowest BCUT2D eigenvalue weighted by Crippen LogP contribution is -2.32. The first-order valence-electron chi connectivity index (χ1n) is 6.63. The van der Waals surface area contributed by atoms with E-state index in [0.29, 0.717) is 11.7 Å². The van der Waals surface area contributed by atoms with Crippen LogP contribution in [0.5, 0.6) is 0 Å². The van der Waals surface area contributed by atoms with Gasteiger partial charge in [0.2, 0.25) is 0 Å². The van der Waals surface area contributed by atoms with Crippen LogP contribution in [0.3, 0.4) is 0 Å². The fourth-order valence-electron chi connectivity index (χ4n) is 2.66. The van der Waals surface area contributed by atoms with Gasteiger partial charge in [-0.3, -0.25) is 0 Å². The number of hydrogen-bond acceptors (Lipinski definition) is 5. The Morgan fingerprint density at radius 2 is 1.94 bits per heavy atom. The summed E-state index contributed by atoms with van der Waals surface area (Å²) in [4.78, 5) is 2.27. The molecule has 0 N–H and O–H groups in total. The maximum absolute atomic E-state index is 4.45. The standard InChI is InChI=1S/C12H18N6/c1-17(10-6-4-2-3-5-7-10)12-9-8-11-13-15-16-18(11)14-12/h8-10H,2-7H2,1H3. The maximum atomic E-state index is 4.45. The largest absolute Gasteiger partial charge is 0.355 e. The predicted octanol–water partition coefficient (Wildman–Crippen LogP) is 1.68. The smallest absolute Gasteiger partial charge is 0.200 e. The second kappa shape index (κ2) is 4.88. The second-order valence-corrected chi connectivity index (χ2v) is 4.97. The van der Waals surface area contributed by atoms with Crippen molar-refractivity contribution < 1.29 is 0 Å². The molecule has 18 heavy (non-hydrogen) atoms. The van der Waals surface area contributed by atoms with Gasteiger partial charge in [-0.1, -0.05) is 25.7 Å². The van der Waals surface area contributed by atoms with E-state index in [-0.39, 0.29) is 0 Å². The van der Waals surface area contributed by atoms with Gasteiger partial charge in [0.25, 0.3) is 0 Å². The van der Waals surface area contributed by atoms with Gasteiger partial charge in [0.05, 0.1) is 0 Å². The van der Waals surface area contributed by atoms with Gasteiger partial charge >= 0.3 is 0 Å². The van der Waals surface area contributed by atoms with Crippen molar-refractivity contribution in [2.75, 3.05) is 11.9 Å². The van der Waals surface area contributed by atoms with E-state index in [9.17, 15) is 0 Å². The summed E-state index contributed by atoms with van der Waals surface area (Å²) >= 11 is 0. The summed E-state index contributed by atoms with van der Waals surface area (Å²) in [5.74, 6) is 0.946. The quantitative estimate of drug-likeness (QED) is 0.754. The van der Waals surface area contributed by atoms with E-state index < -0.39 is 0 Å². The minimum absolute atomic E-state index is 0.592. The van der Waals surface area contributed by atoms with E-state index in [1.54, 1.807) is 0 Å². The first-order chi connectivity index (χ1) is 8.84. The summed E-state index contributed by atoms with van der Waals surface area (Å²) in [7, 11) is 2.12. The SMILES string of the molecule is CN(c1ccc2nnnn2n1)C1CCCCCC1. The van der Waals surface area contributed by atoms with Crippen molar-refractivity contribution in [1.29, 1.82) is 0 Å². The Kier molecular flexibility index (Phi) is 3.08. The molecule has 1 fully saturated rings. The normalized spacial score (nSPS) is 17.8. The molecule has 3 rings (SSSR count). The number of hydrogen-bond donors (Lipinski definition) is 0. The zero-order chi connectivity index (χ0) is 12.4. The lowest BCUT2D eigenvalue weighted by atomic mass is 10.1. The highest BCUT2D eigenvalue weighted by atomic mass is 15.6. The molecule has 0 atom stereocenters. The number of fused-ring (bicyclic) bond motifs is 1. The molecule has 2 heterocycles. The van der Waals surface area contributed by atoms with Crippen LogP contribution in [0, 0.1) is 0 Å². The molecule has 1 aliphatic rings. The van der Waals surface area contributed by atoms with Gasteiger partial charge in [-0.15, -0.1) is 14.8 Å². The molecule has 2 aromatic rings. The van der Waals surface area contributed by atoms with E-state index in [1.807, 2.05) is 12.1 Å². The first-order valence-corrected chi connectivity index (χ1v) is 6.63. The molecule has 1 saturated carbocycles. The van der Waals surface area contributed by atoms with Crippen LogP contribution in [0.1, 0.15) is 38.5 Å². The summed E-state index contributed by atoms with van der Waals surface area (Å²) in [5.41, 5.74) is 0.688. The Balaban J connectivity index is 1.83. The molecular weight excluding hydrogens is 228 g/mol. The van der Waals surface area contributed by atoms with Gasteiger partial charge in [0.1, 0.15) is 0 Å². The third-order valence-electron chi connectivity index (χ3n) is 3.79. The van der Waals surface area contributed by atoms with Crippen LogP contribution in [0.4, 0.5) is 5.82 Å². The molecule has 0 unspecified atom stereocenters. The summed E-state index contributed by atoms with van der Waals surface area (Å²) in [5, 5.41) is 15.8. The summed E-state index contributed by atoms with van der Waals surface area (Å²) in [6.45, 7) is 0. The van der Waals surface area contributed by atoms with Gasteiger partial charge in [0.15, 0.2) is 11.5 Å². The van der Waals surface area contributed by atoms with Crippen molar-refractivity contribution in [3.8, 4) is 0 Å². The van der Waals surface area contributed by atoms with Crippen molar-refractivity contribution in [2.24, 2.45) is 0 Å². The molecule has 96 valence electrons. The Bertz CT molecular complexity index is 514. The molecule has 0 aromatic carbocycles. The van der Waals surface area contributed by atoms with Crippen LogP contribution >= 0.6 is 0 Å². The molecule has 6 heteroatoms. The Morgan fingerprint density at radius 1 is 1.17 bits per heavy atom. The van der Waals surface area contributed by atoms with Gasteiger partial charge in [-0.2, -0.15) is 0 Å². The van der Waals surface area contributed by atoms with Crippen molar-refractivity contribution in [3.63, 3.8) is 0 Å². The van der Waals surface area contributed by atoms with Crippen molar-refractivity contribution in [1.82, 2.24) is 25.3 Å². The molecule has 0 spiro atoms. The average molecular weight is 246 g/mol. The minimum Gasteiger partial charge on any atom is -0.355 e. The molecule has 0 amide bonds. The average Bonchev–Trinajstić information content (AvgIpc) is 2.69. The van der Waals surface area contributed by atoms with Gasteiger partial charge < -0.3 is 4.90 Å². The maximum Gasteiger partial charge on any atom is 0.200 e. The van der Waals surface area contributed by atoms with Crippen LogP contribution in [0.2, 0.25) is 0 Å². The van der Waals surface area contributed by atoms with Crippen molar-refractivity contribution in [2.45, 2.75) is 44.6 Å². The van der Waals surface area contributed by atoms with Gasteiger partial charge in [0, 0.05) is 13.1 Å². The van der Waals surface area contributed by atoms with Crippen LogP contribution in [-0.4, -0.2) is 38.3 Å². The van der Waals surface area contributed by atoms with Crippen LogP contribution in [0.15, 0.2) is 12.1 Å². The highest BCUT2D eigenvalue weighted by molar-refractivity contribution is 5.44. The summed E-state index contributed by atoms with van der Waals surface area (Å²) in [6.07, 6.45) is 7.88. The van der Waals surface area contributed by atoms with E-state index in [0.717, 1.165) is 5.82 Å². The van der Waals surface area contributed by atoms with Crippen molar-refractivity contribution >= 4 is 11.5 Å². The number of aromatic nitrogens is 5. The third-order valence-corrected chi connectivity index (χ3v) is 3.79. The highest BCUT2D eigenvalue weighted by Crippen LogP contribution is 2.24. The molecule has 0 radical (unpaired) electrons. The number of rotatable bonds is 2. The molecule has 0 bridgehead atoms. The zero-order valence-electron chi connectivity index (χ0n) is 10.7. The Labute approximate surface area is 106 Å². The van der Waals surface area contributed by atoms with Crippen LogP contribution < -0.4 is 4.90 Å². The Hall–Kier alpha value is -1.72. The van der Waals surface area contributed by atoms with Crippen molar-refractivity contribution in [3.05, 3.63) is 12.1 Å². The molecular formula is C12H18N6. The summed E-state index contributed by atoms with van der Waals surface area (Å²) < 4.78 is 1.49. The number of anilines is 1. The van der Waals surface area contributed by atoms with Gasteiger partial charge in [-0.25, -0.2) is 0 Å². The second-order valence-electron chi connectivity index (χ2n) is 4.97. The number of nitrogens with zero attached hydrogens (tertiary/aromatic N) is 6. The summed E-state index contributed by atoms with van der Waals surface area (Å²) in [6, 6.07) is 4.50. The Morgan fingerprint density at radius 3 is 2.72 bits per heavy atom. The molecule has 1 aliphatic carbocycles. The minimum atomic E-state index is 0.592. The third kappa shape index (κ3) is 2.14. The monoisotopic (exact) mass is 246 g/mol. The zero-order valence-corrected chi connectivity index (χ0v) is 10.7. The van der Waals surface area contributed by atoms with Crippen LogP contribution in [0.25, 0.3) is 5.65 Å². The topological polar surface area (TPSA) is 59.2 Å². The fraction of sp³-hybridized carbons (Fsp3) is 0.667. The number of tetrazole rings is 1. The van der Waals surface area contributed by atoms with Gasteiger partial charge in [-0.05, 0) is 35.4 Å². The van der Waals surface area contributed by atoms with E-state index >= 15 is 0 Å². The van der Waals surface area contributed by atoms with E-state index in [4.69, 9.17) is 0 Å². The lowest BCUT2D eigenvalue weighted by Gasteiger charge is -2.27. The van der Waals surface area contributed by atoms with E-state index in [2.05, 4.69) is 32.6 Å². The van der Waals surface area contributed by atoms with Crippen LogP contribution in [-0.2, 0) is 0 Å². The predicted molar refractivity (Wildman–Crippen MR) is 68.5 cm³/mol.